The van der Waals surface area contributed by atoms with Crippen molar-refractivity contribution < 1.29 is 14.3 Å². The Morgan fingerprint density at radius 2 is 2.00 bits per heavy atom. The van der Waals surface area contributed by atoms with Crippen LogP contribution in [0, 0.1) is 11.7 Å². The van der Waals surface area contributed by atoms with Gasteiger partial charge in [0.1, 0.15) is 11.6 Å². The normalized spacial score (nSPS) is 12.5. The maximum atomic E-state index is 13.1. The molecule has 1 unspecified atom stereocenters. The van der Waals surface area contributed by atoms with Gasteiger partial charge in [-0.25, -0.2) is 4.39 Å². The lowest BCUT2D eigenvalue weighted by molar-refractivity contribution is -0.122. The maximum Gasteiger partial charge on any atom is 0.236 e. The van der Waals surface area contributed by atoms with E-state index < -0.39 is 5.82 Å². The van der Waals surface area contributed by atoms with Crippen molar-refractivity contribution in [3.05, 3.63) is 29.6 Å². The van der Waals surface area contributed by atoms with E-state index in [0.717, 1.165) is 6.07 Å². The fourth-order valence-electron chi connectivity index (χ4n) is 1.56. The molecule has 0 saturated carbocycles. The van der Waals surface area contributed by atoms with Crippen LogP contribution < -0.4 is 10.6 Å². The van der Waals surface area contributed by atoms with E-state index in [1.54, 1.807) is 6.92 Å². The first-order valence-corrected chi connectivity index (χ1v) is 6.38. The third-order valence-corrected chi connectivity index (χ3v) is 2.63. The fraction of sp³-hybridized carbons (Fsp3) is 0.500. The van der Waals surface area contributed by atoms with Crippen molar-refractivity contribution >= 4 is 5.91 Å². The van der Waals surface area contributed by atoms with E-state index in [4.69, 9.17) is 0 Å². The second kappa shape index (κ2) is 7.09. The smallest absolute Gasteiger partial charge is 0.236 e. The summed E-state index contributed by atoms with van der Waals surface area (Å²) in [5.74, 6) is -0.298. The summed E-state index contributed by atoms with van der Waals surface area (Å²) in [5, 5.41) is 15.1. The maximum absolute atomic E-state index is 13.1. The molecule has 1 atom stereocenters. The number of aromatic hydroxyl groups is 1. The van der Waals surface area contributed by atoms with E-state index in [0.29, 0.717) is 24.6 Å². The molecule has 5 heteroatoms. The van der Waals surface area contributed by atoms with Gasteiger partial charge in [0.25, 0.3) is 0 Å². The van der Waals surface area contributed by atoms with Crippen LogP contribution in [-0.4, -0.2) is 23.6 Å². The van der Waals surface area contributed by atoms with Crippen LogP contribution in [0.1, 0.15) is 26.3 Å². The highest BCUT2D eigenvalue weighted by atomic mass is 19.1. The molecule has 0 fully saturated rings. The fourth-order valence-corrected chi connectivity index (χ4v) is 1.56. The first-order valence-electron chi connectivity index (χ1n) is 6.38. The number of phenols is 1. The minimum Gasteiger partial charge on any atom is -0.508 e. The highest BCUT2D eigenvalue weighted by Crippen LogP contribution is 2.14. The summed E-state index contributed by atoms with van der Waals surface area (Å²) in [6.45, 7) is 6.74. The minimum atomic E-state index is -0.492. The molecule has 0 radical (unpaired) electrons. The van der Waals surface area contributed by atoms with Gasteiger partial charge < -0.3 is 15.7 Å². The summed E-state index contributed by atoms with van der Waals surface area (Å²) in [6, 6.07) is 3.46. The zero-order valence-corrected chi connectivity index (χ0v) is 11.5. The van der Waals surface area contributed by atoms with Gasteiger partial charge in [0.2, 0.25) is 5.91 Å². The number of halogens is 1. The number of carbonyl (C=O) groups excluding carboxylic acids is 1. The van der Waals surface area contributed by atoms with Crippen molar-refractivity contribution in [3.8, 4) is 5.75 Å². The van der Waals surface area contributed by atoms with E-state index in [1.165, 1.54) is 12.1 Å². The molecule has 0 aromatic heterocycles. The molecule has 0 heterocycles. The summed E-state index contributed by atoms with van der Waals surface area (Å²) in [5.41, 5.74) is 0.598. The van der Waals surface area contributed by atoms with Gasteiger partial charge in [-0.3, -0.25) is 4.79 Å². The van der Waals surface area contributed by atoms with Gasteiger partial charge in [0, 0.05) is 19.2 Å². The summed E-state index contributed by atoms with van der Waals surface area (Å²) < 4.78 is 13.1. The molecular weight excluding hydrogens is 247 g/mol. The van der Waals surface area contributed by atoms with E-state index in [9.17, 15) is 14.3 Å². The number of amides is 1. The third-order valence-electron chi connectivity index (χ3n) is 2.63. The van der Waals surface area contributed by atoms with Crippen LogP contribution in [0.25, 0.3) is 0 Å². The number of hydrogen-bond donors (Lipinski definition) is 3. The molecule has 106 valence electrons. The Balaban J connectivity index is 2.44. The van der Waals surface area contributed by atoms with Gasteiger partial charge in [-0.15, -0.1) is 0 Å². The Morgan fingerprint density at radius 1 is 1.32 bits per heavy atom. The molecule has 1 rings (SSSR count). The van der Waals surface area contributed by atoms with Gasteiger partial charge in [0.05, 0.1) is 6.04 Å². The van der Waals surface area contributed by atoms with Crippen LogP contribution in [0.3, 0.4) is 0 Å². The zero-order chi connectivity index (χ0) is 14.4. The van der Waals surface area contributed by atoms with Crippen molar-refractivity contribution in [2.45, 2.75) is 33.4 Å². The molecule has 19 heavy (non-hydrogen) atoms. The Morgan fingerprint density at radius 3 is 2.58 bits per heavy atom. The van der Waals surface area contributed by atoms with Crippen LogP contribution in [-0.2, 0) is 11.3 Å². The number of phenolic OH excluding ortho intramolecular Hbond substituents is 1. The van der Waals surface area contributed by atoms with Gasteiger partial charge >= 0.3 is 0 Å². The highest BCUT2D eigenvalue weighted by Gasteiger charge is 2.12. The van der Waals surface area contributed by atoms with Crippen molar-refractivity contribution in [3.63, 3.8) is 0 Å². The first kappa shape index (κ1) is 15.4. The molecule has 0 bridgehead atoms. The van der Waals surface area contributed by atoms with Crippen molar-refractivity contribution in [1.82, 2.24) is 10.6 Å². The average Bonchev–Trinajstić information content (AvgIpc) is 2.31. The lowest BCUT2D eigenvalue weighted by atomic mass is 10.2. The van der Waals surface area contributed by atoms with Gasteiger partial charge in [-0.2, -0.15) is 0 Å². The third kappa shape index (κ3) is 5.70. The van der Waals surface area contributed by atoms with Crippen molar-refractivity contribution in [2.24, 2.45) is 5.92 Å². The average molecular weight is 268 g/mol. The van der Waals surface area contributed by atoms with E-state index >= 15 is 0 Å². The highest BCUT2D eigenvalue weighted by molar-refractivity contribution is 5.81. The Bertz CT molecular complexity index is 415. The molecule has 1 aromatic carbocycles. The van der Waals surface area contributed by atoms with Crippen LogP contribution in [0.15, 0.2) is 18.2 Å². The lowest BCUT2D eigenvalue weighted by Crippen LogP contribution is -2.42. The predicted octanol–water partition coefficient (Wildman–Crippen LogP) is 1.78. The topological polar surface area (TPSA) is 61.4 Å². The van der Waals surface area contributed by atoms with Gasteiger partial charge in [-0.05, 0) is 30.5 Å². The van der Waals surface area contributed by atoms with E-state index in [-0.39, 0.29) is 17.7 Å². The molecule has 1 aromatic rings. The molecule has 0 aliphatic heterocycles. The summed E-state index contributed by atoms with van der Waals surface area (Å²) in [6.07, 6.45) is 0. The molecule has 4 nitrogen and oxygen atoms in total. The molecule has 0 aliphatic rings. The van der Waals surface area contributed by atoms with Crippen LogP contribution in [0.2, 0.25) is 0 Å². The van der Waals surface area contributed by atoms with Gasteiger partial charge in [-0.1, -0.05) is 13.8 Å². The van der Waals surface area contributed by atoms with Gasteiger partial charge in [0.15, 0.2) is 0 Å². The van der Waals surface area contributed by atoms with Crippen molar-refractivity contribution in [2.75, 3.05) is 6.54 Å². The second-order valence-corrected chi connectivity index (χ2v) is 5.06. The van der Waals surface area contributed by atoms with Crippen LogP contribution >= 0.6 is 0 Å². The Kier molecular flexibility index (Phi) is 5.76. The van der Waals surface area contributed by atoms with Crippen LogP contribution in [0.4, 0.5) is 4.39 Å². The summed E-state index contributed by atoms with van der Waals surface area (Å²) in [7, 11) is 0. The van der Waals surface area contributed by atoms with Crippen molar-refractivity contribution in [1.29, 1.82) is 0 Å². The second-order valence-electron chi connectivity index (χ2n) is 5.06. The first-order chi connectivity index (χ1) is 8.88. The number of rotatable bonds is 6. The largest absolute Gasteiger partial charge is 0.508 e. The Hall–Kier alpha value is -1.62. The molecule has 0 saturated heterocycles. The quantitative estimate of drug-likeness (QED) is 0.737. The zero-order valence-electron chi connectivity index (χ0n) is 11.5. The molecular formula is C14H21FN2O2. The molecule has 1 amide bonds. The summed E-state index contributed by atoms with van der Waals surface area (Å²) >= 11 is 0. The number of nitrogens with one attached hydrogen (secondary N) is 2. The number of benzene rings is 1. The molecule has 0 aliphatic carbocycles. The Labute approximate surface area is 113 Å². The monoisotopic (exact) mass is 268 g/mol. The lowest BCUT2D eigenvalue weighted by Gasteiger charge is -2.15. The SMILES string of the molecule is CC(C)CNC(=O)C(C)NCc1cc(O)cc(F)c1. The summed E-state index contributed by atoms with van der Waals surface area (Å²) in [4.78, 5) is 11.7. The molecule has 0 spiro atoms. The predicted molar refractivity (Wildman–Crippen MR) is 72.2 cm³/mol. The number of hydrogen-bond acceptors (Lipinski definition) is 3. The number of carbonyl (C=O) groups is 1. The van der Waals surface area contributed by atoms with Crippen LogP contribution in [0.5, 0.6) is 5.75 Å². The standard InChI is InChI=1S/C14H21FN2O2/c1-9(2)7-17-14(19)10(3)16-8-11-4-12(15)6-13(18)5-11/h4-6,9-10,16,18H,7-8H2,1-3H3,(H,17,19). The van der Waals surface area contributed by atoms with E-state index in [2.05, 4.69) is 10.6 Å². The van der Waals surface area contributed by atoms with E-state index in [1.807, 2.05) is 13.8 Å². The minimum absolute atomic E-state index is 0.0886. The molecule has 3 N–H and O–H groups in total.